The van der Waals surface area contributed by atoms with Crippen LogP contribution in [0.25, 0.3) is 0 Å². The second kappa shape index (κ2) is 10.3. The van der Waals surface area contributed by atoms with Crippen LogP contribution in [0.3, 0.4) is 0 Å². The van der Waals surface area contributed by atoms with Gasteiger partial charge in [0.15, 0.2) is 0 Å². The maximum atomic E-state index is 6.03. The van der Waals surface area contributed by atoms with Crippen molar-refractivity contribution in [1.82, 2.24) is 10.2 Å². The van der Waals surface area contributed by atoms with Crippen molar-refractivity contribution < 1.29 is 0 Å². The van der Waals surface area contributed by atoms with E-state index in [0.29, 0.717) is 6.04 Å². The van der Waals surface area contributed by atoms with Crippen LogP contribution in [0, 0.1) is 0 Å². The first kappa shape index (κ1) is 17.8. The SMILES string of the molecule is CCCCCCCNCC(c1ccc(Cl)cc1)N1CCCC1. The molecule has 1 aromatic carbocycles. The Balaban J connectivity index is 1.79. The molecule has 1 saturated heterocycles. The van der Waals surface area contributed by atoms with E-state index in [2.05, 4.69) is 29.3 Å². The number of likely N-dealkylation sites (tertiary alicyclic amines) is 1. The second-order valence-electron chi connectivity index (χ2n) is 6.43. The number of nitrogens with zero attached hydrogens (tertiary/aromatic N) is 1. The van der Waals surface area contributed by atoms with Gasteiger partial charge in [0.05, 0.1) is 0 Å². The normalized spacial score (nSPS) is 17.0. The number of benzene rings is 1. The fourth-order valence-electron chi connectivity index (χ4n) is 3.29. The van der Waals surface area contributed by atoms with E-state index >= 15 is 0 Å². The molecule has 1 aliphatic heterocycles. The fourth-order valence-corrected chi connectivity index (χ4v) is 3.41. The van der Waals surface area contributed by atoms with E-state index in [1.54, 1.807) is 0 Å². The molecule has 2 rings (SSSR count). The molecule has 2 nitrogen and oxygen atoms in total. The van der Waals surface area contributed by atoms with Gasteiger partial charge in [0, 0.05) is 17.6 Å². The average Bonchev–Trinajstić information content (AvgIpc) is 3.05. The molecule has 0 bridgehead atoms. The predicted octanol–water partition coefficient (Wildman–Crippen LogP) is 5.04. The highest BCUT2D eigenvalue weighted by atomic mass is 35.5. The lowest BCUT2D eigenvalue weighted by Crippen LogP contribution is -2.34. The zero-order valence-corrected chi connectivity index (χ0v) is 14.7. The third-order valence-corrected chi connectivity index (χ3v) is 4.88. The monoisotopic (exact) mass is 322 g/mol. The zero-order valence-electron chi connectivity index (χ0n) is 14.0. The van der Waals surface area contributed by atoms with Crippen molar-refractivity contribution in [3.05, 3.63) is 34.9 Å². The van der Waals surface area contributed by atoms with E-state index in [0.717, 1.165) is 18.1 Å². The first-order valence-electron chi connectivity index (χ1n) is 9.01. The molecular weight excluding hydrogens is 292 g/mol. The number of rotatable bonds is 10. The van der Waals surface area contributed by atoms with Gasteiger partial charge in [0.2, 0.25) is 0 Å². The van der Waals surface area contributed by atoms with Gasteiger partial charge in [0.25, 0.3) is 0 Å². The maximum Gasteiger partial charge on any atom is 0.0472 e. The molecule has 0 aromatic heterocycles. The minimum absolute atomic E-state index is 0.496. The lowest BCUT2D eigenvalue weighted by atomic mass is 10.1. The van der Waals surface area contributed by atoms with Gasteiger partial charge in [-0.1, -0.05) is 56.3 Å². The highest BCUT2D eigenvalue weighted by Crippen LogP contribution is 2.25. The van der Waals surface area contributed by atoms with Crippen LogP contribution in [-0.2, 0) is 0 Å². The molecule has 1 unspecified atom stereocenters. The van der Waals surface area contributed by atoms with Crippen LogP contribution < -0.4 is 5.32 Å². The third-order valence-electron chi connectivity index (χ3n) is 4.63. The van der Waals surface area contributed by atoms with Crippen molar-refractivity contribution in [1.29, 1.82) is 0 Å². The quantitative estimate of drug-likeness (QED) is 0.607. The second-order valence-corrected chi connectivity index (χ2v) is 6.87. The van der Waals surface area contributed by atoms with Gasteiger partial charge in [-0.2, -0.15) is 0 Å². The van der Waals surface area contributed by atoms with Gasteiger partial charge in [-0.25, -0.2) is 0 Å². The molecule has 0 spiro atoms. The van der Waals surface area contributed by atoms with Gasteiger partial charge in [-0.3, -0.25) is 4.90 Å². The highest BCUT2D eigenvalue weighted by Gasteiger charge is 2.22. The number of halogens is 1. The van der Waals surface area contributed by atoms with Gasteiger partial charge < -0.3 is 5.32 Å². The van der Waals surface area contributed by atoms with Crippen molar-refractivity contribution >= 4 is 11.6 Å². The summed E-state index contributed by atoms with van der Waals surface area (Å²) in [6.45, 7) is 6.92. The highest BCUT2D eigenvalue weighted by molar-refractivity contribution is 6.30. The van der Waals surface area contributed by atoms with Crippen LogP contribution >= 0.6 is 11.6 Å². The Morgan fingerprint density at radius 3 is 2.41 bits per heavy atom. The van der Waals surface area contributed by atoms with Crippen LogP contribution in [0.4, 0.5) is 0 Å². The molecule has 1 fully saturated rings. The van der Waals surface area contributed by atoms with E-state index in [4.69, 9.17) is 11.6 Å². The molecular formula is C19H31ClN2. The van der Waals surface area contributed by atoms with Gasteiger partial charge in [-0.05, 0) is 56.6 Å². The van der Waals surface area contributed by atoms with E-state index < -0.39 is 0 Å². The molecule has 3 heteroatoms. The summed E-state index contributed by atoms with van der Waals surface area (Å²) in [5.74, 6) is 0. The summed E-state index contributed by atoms with van der Waals surface area (Å²) in [4.78, 5) is 2.62. The minimum Gasteiger partial charge on any atom is -0.315 e. The molecule has 0 aliphatic carbocycles. The zero-order chi connectivity index (χ0) is 15.6. The van der Waals surface area contributed by atoms with Crippen LogP contribution in [0.2, 0.25) is 5.02 Å². The average molecular weight is 323 g/mol. The smallest absolute Gasteiger partial charge is 0.0472 e. The van der Waals surface area contributed by atoms with Gasteiger partial charge >= 0.3 is 0 Å². The Hall–Kier alpha value is -0.570. The summed E-state index contributed by atoms with van der Waals surface area (Å²) in [7, 11) is 0. The first-order valence-corrected chi connectivity index (χ1v) is 9.39. The molecule has 1 aromatic rings. The number of unbranched alkanes of at least 4 members (excludes halogenated alkanes) is 4. The Kier molecular flexibility index (Phi) is 8.28. The van der Waals surface area contributed by atoms with Crippen LogP contribution in [0.1, 0.15) is 63.5 Å². The van der Waals surface area contributed by atoms with Crippen LogP contribution in [0.5, 0.6) is 0 Å². The van der Waals surface area contributed by atoms with Gasteiger partial charge in [-0.15, -0.1) is 0 Å². The first-order chi connectivity index (χ1) is 10.8. The topological polar surface area (TPSA) is 15.3 Å². The molecule has 1 atom stereocenters. The van der Waals surface area contributed by atoms with Crippen molar-refractivity contribution in [3.63, 3.8) is 0 Å². The third kappa shape index (κ3) is 5.91. The number of hydrogen-bond donors (Lipinski definition) is 1. The Bertz CT molecular complexity index is 398. The molecule has 1 N–H and O–H groups in total. The number of hydrogen-bond acceptors (Lipinski definition) is 2. The summed E-state index contributed by atoms with van der Waals surface area (Å²) < 4.78 is 0. The van der Waals surface area contributed by atoms with Crippen molar-refractivity contribution in [2.75, 3.05) is 26.2 Å². The van der Waals surface area contributed by atoms with E-state index in [1.165, 1.54) is 63.6 Å². The lowest BCUT2D eigenvalue weighted by molar-refractivity contribution is 0.238. The van der Waals surface area contributed by atoms with E-state index in [1.807, 2.05) is 12.1 Å². The molecule has 1 heterocycles. The predicted molar refractivity (Wildman–Crippen MR) is 96.6 cm³/mol. The van der Waals surface area contributed by atoms with Crippen molar-refractivity contribution in [3.8, 4) is 0 Å². The molecule has 22 heavy (non-hydrogen) atoms. The molecule has 0 amide bonds. The standard InChI is InChI=1S/C19H31ClN2/c1-2-3-4-5-6-13-21-16-19(22-14-7-8-15-22)17-9-11-18(20)12-10-17/h9-12,19,21H,2-8,13-16H2,1H3. The fraction of sp³-hybridized carbons (Fsp3) is 0.684. The van der Waals surface area contributed by atoms with Crippen LogP contribution in [-0.4, -0.2) is 31.1 Å². The molecule has 124 valence electrons. The summed E-state index contributed by atoms with van der Waals surface area (Å²) in [6.07, 6.45) is 9.40. The summed E-state index contributed by atoms with van der Waals surface area (Å²) in [6, 6.07) is 8.91. The summed E-state index contributed by atoms with van der Waals surface area (Å²) >= 11 is 6.03. The lowest BCUT2D eigenvalue weighted by Gasteiger charge is -2.28. The Morgan fingerprint density at radius 1 is 1.05 bits per heavy atom. The Morgan fingerprint density at radius 2 is 1.73 bits per heavy atom. The van der Waals surface area contributed by atoms with E-state index in [-0.39, 0.29) is 0 Å². The van der Waals surface area contributed by atoms with Crippen molar-refractivity contribution in [2.24, 2.45) is 0 Å². The summed E-state index contributed by atoms with van der Waals surface area (Å²) in [5, 5.41) is 4.50. The maximum absolute atomic E-state index is 6.03. The van der Waals surface area contributed by atoms with Crippen molar-refractivity contribution in [2.45, 2.75) is 57.9 Å². The molecule has 0 radical (unpaired) electrons. The largest absolute Gasteiger partial charge is 0.315 e. The van der Waals surface area contributed by atoms with Crippen LogP contribution in [0.15, 0.2) is 24.3 Å². The number of nitrogens with one attached hydrogen (secondary N) is 1. The Labute approximate surface area is 141 Å². The summed E-state index contributed by atoms with van der Waals surface area (Å²) in [5.41, 5.74) is 1.39. The van der Waals surface area contributed by atoms with Gasteiger partial charge in [0.1, 0.15) is 0 Å². The molecule has 1 aliphatic rings. The van der Waals surface area contributed by atoms with E-state index in [9.17, 15) is 0 Å². The molecule has 0 saturated carbocycles. The minimum atomic E-state index is 0.496.